The number of benzene rings is 2. The topological polar surface area (TPSA) is 86.4 Å². The zero-order chi connectivity index (χ0) is 21.9. The molecule has 1 unspecified atom stereocenters. The number of carbonyl (C=O) groups excluding carboxylic acids is 2. The maximum atomic E-state index is 13.3. The first-order valence-electron chi connectivity index (χ1n) is 10.4. The normalized spacial score (nSPS) is 14.0. The highest BCUT2D eigenvalue weighted by Gasteiger charge is 2.32. The number of rotatable bonds is 7. The minimum absolute atomic E-state index is 0.146. The Labute approximate surface area is 184 Å². The van der Waals surface area contributed by atoms with Gasteiger partial charge in [0.1, 0.15) is 5.69 Å². The van der Waals surface area contributed by atoms with Crippen LogP contribution in [-0.4, -0.2) is 27.7 Å². The van der Waals surface area contributed by atoms with Gasteiger partial charge in [0.25, 0.3) is 5.91 Å². The van der Waals surface area contributed by atoms with Crippen molar-refractivity contribution in [1.82, 2.24) is 15.1 Å². The van der Waals surface area contributed by atoms with Gasteiger partial charge in [-0.25, -0.2) is 9.48 Å². The summed E-state index contributed by atoms with van der Waals surface area (Å²) >= 11 is 0. The Morgan fingerprint density at radius 3 is 2.38 bits per heavy atom. The Morgan fingerprint density at radius 2 is 1.72 bits per heavy atom. The fourth-order valence-corrected chi connectivity index (χ4v) is 3.41. The monoisotopic (exact) mass is 427 g/mol. The van der Waals surface area contributed by atoms with E-state index >= 15 is 0 Å². The van der Waals surface area contributed by atoms with Crippen LogP contribution in [0.25, 0.3) is 17.1 Å². The van der Waals surface area contributed by atoms with Gasteiger partial charge in [0, 0.05) is 17.7 Å². The number of para-hydroxylation sites is 1. The summed E-state index contributed by atoms with van der Waals surface area (Å²) in [7, 11) is 0. The molecule has 1 aliphatic carbocycles. The molecule has 1 N–H and O–H groups in total. The van der Waals surface area contributed by atoms with Crippen LogP contribution in [0.5, 0.6) is 0 Å². The summed E-state index contributed by atoms with van der Waals surface area (Å²) in [4.78, 5) is 26.2. The minimum Gasteiger partial charge on any atom is -0.463 e. The van der Waals surface area contributed by atoms with Gasteiger partial charge in [-0.1, -0.05) is 48.5 Å². The van der Waals surface area contributed by atoms with Gasteiger partial charge in [0.15, 0.2) is 11.5 Å². The highest BCUT2D eigenvalue weighted by atomic mass is 16.5. The molecule has 2 heterocycles. The number of nitrogens with one attached hydrogen (secondary N) is 1. The van der Waals surface area contributed by atoms with Crippen molar-refractivity contribution in [2.75, 3.05) is 0 Å². The first-order valence-corrected chi connectivity index (χ1v) is 10.4. The molecule has 0 aliphatic heterocycles. The second kappa shape index (κ2) is 8.55. The fourth-order valence-electron chi connectivity index (χ4n) is 3.41. The summed E-state index contributed by atoms with van der Waals surface area (Å²) in [5.74, 6) is -0.456. The molecule has 7 heteroatoms. The molecule has 0 saturated heterocycles. The standard InChI is InChI=1S/C25H21N3O4/c29-24(26-18-13-14-18)23(17-8-3-1-4-9-17)32-25(30)21-16-20(22-12-7-15-31-22)27-28(21)19-10-5-2-6-11-19/h1-12,15-16,18,23H,13-14H2,(H,26,29). The van der Waals surface area contributed by atoms with E-state index in [2.05, 4.69) is 10.4 Å². The Balaban J connectivity index is 1.50. The van der Waals surface area contributed by atoms with Gasteiger partial charge in [-0.2, -0.15) is 5.10 Å². The van der Waals surface area contributed by atoms with E-state index in [0.717, 1.165) is 12.8 Å². The van der Waals surface area contributed by atoms with E-state index in [9.17, 15) is 9.59 Å². The summed E-state index contributed by atoms with van der Waals surface area (Å²) < 4.78 is 12.7. The SMILES string of the molecule is O=C(OC(C(=O)NC1CC1)c1ccccc1)c1cc(-c2ccco2)nn1-c1ccccc1. The molecule has 1 atom stereocenters. The first-order chi connectivity index (χ1) is 15.7. The lowest BCUT2D eigenvalue weighted by Gasteiger charge is -2.18. The minimum atomic E-state index is -1.06. The Hall–Kier alpha value is -4.13. The van der Waals surface area contributed by atoms with Gasteiger partial charge in [-0.3, -0.25) is 4.79 Å². The number of aromatic nitrogens is 2. The largest absolute Gasteiger partial charge is 0.463 e. The van der Waals surface area contributed by atoms with Crippen LogP contribution in [0, 0.1) is 0 Å². The molecule has 5 rings (SSSR count). The second-order valence-electron chi connectivity index (χ2n) is 7.62. The molecule has 2 aromatic heterocycles. The second-order valence-corrected chi connectivity index (χ2v) is 7.62. The quantitative estimate of drug-likeness (QED) is 0.444. The number of amides is 1. The molecule has 32 heavy (non-hydrogen) atoms. The summed E-state index contributed by atoms with van der Waals surface area (Å²) in [6, 6.07) is 23.5. The number of carbonyl (C=O) groups is 2. The van der Waals surface area contributed by atoms with Crippen molar-refractivity contribution in [3.8, 4) is 17.1 Å². The average Bonchev–Trinajstić information content (AvgIpc) is 3.29. The fraction of sp³-hybridized carbons (Fsp3) is 0.160. The van der Waals surface area contributed by atoms with Crippen molar-refractivity contribution in [2.45, 2.75) is 25.0 Å². The lowest BCUT2D eigenvalue weighted by Crippen LogP contribution is -2.33. The van der Waals surface area contributed by atoms with Crippen LogP contribution in [0.15, 0.2) is 89.5 Å². The van der Waals surface area contributed by atoms with Gasteiger partial charge in [-0.05, 0) is 37.1 Å². The molecule has 7 nitrogen and oxygen atoms in total. The number of nitrogens with zero attached hydrogens (tertiary/aromatic N) is 2. The molecule has 160 valence electrons. The molecular formula is C25H21N3O4. The molecule has 1 aliphatic rings. The van der Waals surface area contributed by atoms with Gasteiger partial charge >= 0.3 is 5.97 Å². The average molecular weight is 427 g/mol. The van der Waals surface area contributed by atoms with Crippen LogP contribution in [-0.2, 0) is 9.53 Å². The molecule has 1 fully saturated rings. The molecule has 1 saturated carbocycles. The van der Waals surface area contributed by atoms with Crippen molar-refractivity contribution in [3.05, 3.63) is 96.4 Å². The number of esters is 1. The molecule has 0 bridgehead atoms. The lowest BCUT2D eigenvalue weighted by atomic mass is 10.1. The molecule has 0 radical (unpaired) electrons. The number of hydrogen-bond acceptors (Lipinski definition) is 5. The van der Waals surface area contributed by atoms with Gasteiger partial charge < -0.3 is 14.5 Å². The predicted molar refractivity (Wildman–Crippen MR) is 117 cm³/mol. The van der Waals surface area contributed by atoms with Crippen molar-refractivity contribution in [3.63, 3.8) is 0 Å². The van der Waals surface area contributed by atoms with Crippen LogP contribution in [0.1, 0.15) is 35.0 Å². The van der Waals surface area contributed by atoms with E-state index in [1.807, 2.05) is 48.5 Å². The Morgan fingerprint density at radius 1 is 1.00 bits per heavy atom. The maximum Gasteiger partial charge on any atom is 0.358 e. The highest BCUT2D eigenvalue weighted by molar-refractivity contribution is 5.93. The van der Waals surface area contributed by atoms with E-state index in [1.165, 1.54) is 4.68 Å². The highest BCUT2D eigenvalue weighted by Crippen LogP contribution is 2.27. The predicted octanol–water partition coefficient (Wildman–Crippen LogP) is 4.31. The zero-order valence-corrected chi connectivity index (χ0v) is 17.2. The van der Waals surface area contributed by atoms with Crippen LogP contribution in [0.3, 0.4) is 0 Å². The summed E-state index contributed by atoms with van der Waals surface area (Å²) in [6.07, 6.45) is 2.36. The third-order valence-electron chi connectivity index (χ3n) is 5.18. The van der Waals surface area contributed by atoms with E-state index in [4.69, 9.17) is 9.15 Å². The van der Waals surface area contributed by atoms with Crippen LogP contribution < -0.4 is 5.32 Å². The lowest BCUT2D eigenvalue weighted by molar-refractivity contribution is -0.130. The summed E-state index contributed by atoms with van der Waals surface area (Å²) in [5.41, 5.74) is 1.99. The third kappa shape index (κ3) is 4.18. The molecule has 1 amide bonds. The van der Waals surface area contributed by atoms with Crippen LogP contribution in [0.4, 0.5) is 0 Å². The van der Waals surface area contributed by atoms with Crippen molar-refractivity contribution >= 4 is 11.9 Å². The summed E-state index contributed by atoms with van der Waals surface area (Å²) in [6.45, 7) is 0. The van der Waals surface area contributed by atoms with Crippen molar-refractivity contribution in [1.29, 1.82) is 0 Å². The molecule has 4 aromatic rings. The van der Waals surface area contributed by atoms with Gasteiger partial charge in [-0.15, -0.1) is 0 Å². The first kappa shape index (κ1) is 19.8. The van der Waals surface area contributed by atoms with Gasteiger partial charge in [0.2, 0.25) is 6.10 Å². The molecule has 2 aromatic carbocycles. The zero-order valence-electron chi connectivity index (χ0n) is 17.2. The van der Waals surface area contributed by atoms with E-state index in [1.54, 1.807) is 36.6 Å². The number of hydrogen-bond donors (Lipinski definition) is 1. The molecular weight excluding hydrogens is 406 g/mol. The van der Waals surface area contributed by atoms with Crippen LogP contribution in [0.2, 0.25) is 0 Å². The van der Waals surface area contributed by atoms with Gasteiger partial charge in [0.05, 0.1) is 12.0 Å². The summed E-state index contributed by atoms with van der Waals surface area (Å²) in [5, 5.41) is 7.48. The Kier molecular flexibility index (Phi) is 5.29. The van der Waals surface area contributed by atoms with E-state index in [-0.39, 0.29) is 17.6 Å². The third-order valence-corrected chi connectivity index (χ3v) is 5.18. The molecule has 0 spiro atoms. The van der Waals surface area contributed by atoms with Crippen molar-refractivity contribution < 1.29 is 18.7 Å². The number of furan rings is 1. The van der Waals surface area contributed by atoms with Crippen molar-refractivity contribution in [2.24, 2.45) is 0 Å². The maximum absolute atomic E-state index is 13.3. The van der Waals surface area contributed by atoms with E-state index in [0.29, 0.717) is 22.7 Å². The number of ether oxygens (including phenoxy) is 1. The smallest absolute Gasteiger partial charge is 0.358 e. The Bertz CT molecular complexity index is 1210. The van der Waals surface area contributed by atoms with E-state index < -0.39 is 12.1 Å². The van der Waals surface area contributed by atoms with Crippen LogP contribution >= 0.6 is 0 Å².